The van der Waals surface area contributed by atoms with Crippen molar-refractivity contribution in [2.75, 3.05) is 29.5 Å². The van der Waals surface area contributed by atoms with Crippen LogP contribution >= 0.6 is 0 Å². The van der Waals surface area contributed by atoms with E-state index in [2.05, 4.69) is 28.1 Å². The van der Waals surface area contributed by atoms with Gasteiger partial charge in [-0.15, -0.1) is 0 Å². The molecule has 0 bridgehead atoms. The largest absolute Gasteiger partial charge is 0.340 e. The molecule has 4 rings (SSSR count). The number of pyridine rings is 1. The molecule has 1 aromatic carbocycles. The van der Waals surface area contributed by atoms with Crippen LogP contribution in [0.15, 0.2) is 42.6 Å². The molecule has 0 radical (unpaired) electrons. The van der Waals surface area contributed by atoms with Gasteiger partial charge in [0.1, 0.15) is 5.69 Å². The number of carbonyl (C=O) groups is 1. The summed E-state index contributed by atoms with van der Waals surface area (Å²) < 4.78 is 23.6. The Morgan fingerprint density at radius 1 is 1.25 bits per heavy atom. The molecule has 1 atom stereocenters. The summed E-state index contributed by atoms with van der Waals surface area (Å²) >= 11 is 0. The maximum absolute atomic E-state index is 12.9. The molecular weight excluding hydrogens is 374 g/mol. The Morgan fingerprint density at radius 2 is 2.07 bits per heavy atom. The second-order valence-electron chi connectivity index (χ2n) is 7.43. The zero-order chi connectivity index (χ0) is 19.7. The normalized spacial score (nSPS) is 20.6. The van der Waals surface area contributed by atoms with E-state index in [1.165, 1.54) is 11.3 Å². The number of para-hydroxylation sites is 1. The van der Waals surface area contributed by atoms with E-state index in [1.54, 1.807) is 17.2 Å². The van der Waals surface area contributed by atoms with E-state index in [9.17, 15) is 13.2 Å². The number of aryl methyl sites for hydroxylation is 1. The van der Waals surface area contributed by atoms with Gasteiger partial charge in [0.25, 0.3) is 5.91 Å². The van der Waals surface area contributed by atoms with Gasteiger partial charge in [0, 0.05) is 24.8 Å². The number of benzene rings is 1. The third-order valence-electron chi connectivity index (χ3n) is 5.64. The first kappa shape index (κ1) is 18.9. The van der Waals surface area contributed by atoms with Crippen molar-refractivity contribution in [2.24, 2.45) is 0 Å². The summed E-state index contributed by atoms with van der Waals surface area (Å²) in [6.45, 7) is 3.27. The number of hydrogen-bond acceptors (Lipinski definition) is 5. The van der Waals surface area contributed by atoms with Crippen LogP contribution in [0.25, 0.3) is 0 Å². The van der Waals surface area contributed by atoms with Gasteiger partial charge in [-0.1, -0.05) is 18.2 Å². The molecule has 1 amide bonds. The molecule has 6 nitrogen and oxygen atoms in total. The summed E-state index contributed by atoms with van der Waals surface area (Å²) in [6, 6.07) is 11.8. The van der Waals surface area contributed by atoms with Crippen molar-refractivity contribution in [2.45, 2.75) is 32.2 Å². The lowest BCUT2D eigenvalue weighted by atomic mass is 10.0. The SMILES string of the molecule is CCN(C(=O)c1ccc(N2CCCc3ccccc32)cn1)C1CCS(=O)(=O)C1. The summed E-state index contributed by atoms with van der Waals surface area (Å²) in [4.78, 5) is 21.2. The Labute approximate surface area is 166 Å². The van der Waals surface area contributed by atoms with Gasteiger partial charge in [-0.25, -0.2) is 13.4 Å². The third kappa shape index (κ3) is 3.63. The highest BCUT2D eigenvalue weighted by atomic mass is 32.2. The van der Waals surface area contributed by atoms with Crippen LogP contribution in [0.5, 0.6) is 0 Å². The maximum Gasteiger partial charge on any atom is 0.272 e. The lowest BCUT2D eigenvalue weighted by Crippen LogP contribution is -2.41. The molecule has 3 heterocycles. The Kier molecular flexibility index (Phi) is 5.10. The summed E-state index contributed by atoms with van der Waals surface area (Å²) in [5.74, 6) is 0.00687. The average Bonchev–Trinajstić information content (AvgIpc) is 3.07. The minimum Gasteiger partial charge on any atom is -0.340 e. The molecule has 148 valence electrons. The maximum atomic E-state index is 12.9. The molecule has 2 aromatic rings. The van der Waals surface area contributed by atoms with E-state index >= 15 is 0 Å². The number of hydrogen-bond donors (Lipinski definition) is 0. The Hall–Kier alpha value is -2.41. The molecular formula is C21H25N3O3S. The second-order valence-corrected chi connectivity index (χ2v) is 9.66. The fourth-order valence-corrected chi connectivity index (χ4v) is 5.94. The highest BCUT2D eigenvalue weighted by Crippen LogP contribution is 2.33. The van der Waals surface area contributed by atoms with Crippen LogP contribution in [0.1, 0.15) is 35.8 Å². The molecule has 0 spiro atoms. The monoisotopic (exact) mass is 399 g/mol. The summed E-state index contributed by atoms with van der Waals surface area (Å²) in [5, 5.41) is 0. The number of aromatic nitrogens is 1. The van der Waals surface area contributed by atoms with Gasteiger partial charge in [-0.05, 0) is 49.9 Å². The van der Waals surface area contributed by atoms with Crippen LogP contribution in [0.2, 0.25) is 0 Å². The fraction of sp³-hybridized carbons (Fsp3) is 0.429. The molecule has 0 saturated carbocycles. The van der Waals surface area contributed by atoms with Crippen molar-refractivity contribution in [1.82, 2.24) is 9.88 Å². The van der Waals surface area contributed by atoms with Crippen molar-refractivity contribution < 1.29 is 13.2 Å². The number of carbonyl (C=O) groups excluding carboxylic acids is 1. The first-order valence-electron chi connectivity index (χ1n) is 9.81. The van der Waals surface area contributed by atoms with Crippen LogP contribution in [0, 0.1) is 0 Å². The second kappa shape index (κ2) is 7.54. The van der Waals surface area contributed by atoms with Gasteiger partial charge in [-0.2, -0.15) is 0 Å². The van der Waals surface area contributed by atoms with E-state index in [4.69, 9.17) is 0 Å². The van der Waals surface area contributed by atoms with Crippen molar-refractivity contribution in [3.05, 3.63) is 53.9 Å². The van der Waals surface area contributed by atoms with Crippen LogP contribution in [0.4, 0.5) is 11.4 Å². The molecule has 0 N–H and O–H groups in total. The molecule has 1 aromatic heterocycles. The number of anilines is 2. The highest BCUT2D eigenvalue weighted by Gasteiger charge is 2.34. The fourth-order valence-electron chi connectivity index (χ4n) is 4.21. The van der Waals surface area contributed by atoms with Crippen molar-refractivity contribution in [3.8, 4) is 0 Å². The molecule has 0 aliphatic carbocycles. The predicted molar refractivity (Wildman–Crippen MR) is 110 cm³/mol. The lowest BCUT2D eigenvalue weighted by Gasteiger charge is -2.31. The van der Waals surface area contributed by atoms with Gasteiger partial charge < -0.3 is 9.80 Å². The topological polar surface area (TPSA) is 70.6 Å². The van der Waals surface area contributed by atoms with Crippen LogP contribution in [-0.4, -0.2) is 54.8 Å². The van der Waals surface area contributed by atoms with Crippen molar-refractivity contribution in [3.63, 3.8) is 0 Å². The van der Waals surface area contributed by atoms with Crippen molar-refractivity contribution >= 4 is 27.1 Å². The number of nitrogens with zero attached hydrogens (tertiary/aromatic N) is 3. The zero-order valence-corrected chi connectivity index (χ0v) is 16.9. The zero-order valence-electron chi connectivity index (χ0n) is 16.0. The van der Waals surface area contributed by atoms with Gasteiger partial charge in [0.2, 0.25) is 0 Å². The van der Waals surface area contributed by atoms with Gasteiger partial charge >= 0.3 is 0 Å². The van der Waals surface area contributed by atoms with E-state index in [0.717, 1.165) is 25.1 Å². The minimum absolute atomic E-state index is 0.0508. The number of fused-ring (bicyclic) bond motifs is 1. The third-order valence-corrected chi connectivity index (χ3v) is 7.39. The van der Waals surface area contributed by atoms with Crippen LogP contribution in [-0.2, 0) is 16.3 Å². The van der Waals surface area contributed by atoms with E-state index in [1.807, 2.05) is 19.1 Å². The Bertz CT molecular complexity index is 973. The molecule has 1 unspecified atom stereocenters. The number of sulfone groups is 1. The Morgan fingerprint density at radius 3 is 2.75 bits per heavy atom. The molecule has 1 fully saturated rings. The quantitative estimate of drug-likeness (QED) is 0.791. The van der Waals surface area contributed by atoms with Gasteiger partial charge in [0.15, 0.2) is 9.84 Å². The average molecular weight is 400 g/mol. The van der Waals surface area contributed by atoms with Gasteiger partial charge in [-0.3, -0.25) is 4.79 Å². The van der Waals surface area contributed by atoms with Gasteiger partial charge in [0.05, 0.1) is 23.4 Å². The first-order valence-corrected chi connectivity index (χ1v) is 11.6. The molecule has 2 aliphatic heterocycles. The van der Waals surface area contributed by atoms with E-state index in [0.29, 0.717) is 18.7 Å². The molecule has 1 saturated heterocycles. The Balaban J connectivity index is 1.54. The molecule has 28 heavy (non-hydrogen) atoms. The molecule has 7 heteroatoms. The van der Waals surface area contributed by atoms with Crippen LogP contribution in [0.3, 0.4) is 0 Å². The number of rotatable bonds is 4. The van der Waals surface area contributed by atoms with E-state index < -0.39 is 9.84 Å². The lowest BCUT2D eigenvalue weighted by molar-refractivity contribution is 0.0702. The first-order chi connectivity index (χ1) is 13.5. The van der Waals surface area contributed by atoms with Crippen LogP contribution < -0.4 is 4.90 Å². The smallest absolute Gasteiger partial charge is 0.272 e. The predicted octanol–water partition coefficient (Wildman–Crippen LogP) is 2.82. The number of amides is 1. The highest BCUT2D eigenvalue weighted by molar-refractivity contribution is 7.91. The van der Waals surface area contributed by atoms with E-state index in [-0.39, 0.29) is 23.5 Å². The standard InChI is InChI=1S/C21H25N3O3S/c1-2-23(18-11-13-28(26,27)15-18)21(25)19-10-9-17(14-22-19)24-12-5-7-16-6-3-4-8-20(16)24/h3-4,6,8-10,14,18H,2,5,7,11-13,15H2,1H3. The summed E-state index contributed by atoms with van der Waals surface area (Å²) in [6.07, 6.45) is 4.41. The summed E-state index contributed by atoms with van der Waals surface area (Å²) in [7, 11) is -3.04. The molecule has 2 aliphatic rings. The minimum atomic E-state index is -3.04. The van der Waals surface area contributed by atoms with Crippen molar-refractivity contribution in [1.29, 1.82) is 0 Å². The summed E-state index contributed by atoms with van der Waals surface area (Å²) in [5.41, 5.74) is 3.85.